The van der Waals surface area contributed by atoms with Gasteiger partial charge in [-0.2, -0.15) is 0 Å². The van der Waals surface area contributed by atoms with E-state index in [1.165, 1.54) is 11.8 Å². The van der Waals surface area contributed by atoms with Gasteiger partial charge in [-0.1, -0.05) is 18.2 Å². The minimum Gasteiger partial charge on any atom is -0.370 e. The van der Waals surface area contributed by atoms with E-state index in [2.05, 4.69) is 5.32 Å². The van der Waals surface area contributed by atoms with Crippen molar-refractivity contribution in [1.82, 2.24) is 5.32 Å². The van der Waals surface area contributed by atoms with Gasteiger partial charge in [0.2, 0.25) is 17.7 Å². The monoisotopic (exact) mass is 291 g/mol. The van der Waals surface area contributed by atoms with Crippen LogP contribution in [0.4, 0.5) is 5.69 Å². The van der Waals surface area contributed by atoms with Gasteiger partial charge in [0.25, 0.3) is 0 Å². The molecular formula is C15H21N3O3. The van der Waals surface area contributed by atoms with Crippen LogP contribution in [0.25, 0.3) is 0 Å². The van der Waals surface area contributed by atoms with E-state index in [1.807, 2.05) is 6.07 Å². The highest BCUT2D eigenvalue weighted by Gasteiger charge is 2.33. The maximum absolute atomic E-state index is 12.4. The topological polar surface area (TPSA) is 92.5 Å². The molecule has 0 unspecified atom stereocenters. The van der Waals surface area contributed by atoms with Crippen LogP contribution in [0.3, 0.4) is 0 Å². The number of rotatable bonds is 6. The quantitative estimate of drug-likeness (QED) is 0.812. The molecule has 0 aromatic heterocycles. The second-order valence-corrected chi connectivity index (χ2v) is 5.43. The number of benzene rings is 1. The molecule has 0 atom stereocenters. The maximum Gasteiger partial charge on any atom is 0.246 e. The molecule has 0 aliphatic carbocycles. The van der Waals surface area contributed by atoms with Crippen LogP contribution in [0, 0.1) is 0 Å². The first kappa shape index (κ1) is 16.7. The Hall–Kier alpha value is -2.37. The molecule has 114 valence electrons. The number of nitrogens with two attached hydrogens (primary N) is 1. The number of anilines is 1. The molecule has 0 saturated carbocycles. The van der Waals surface area contributed by atoms with Gasteiger partial charge < -0.3 is 16.0 Å². The lowest BCUT2D eigenvalue weighted by molar-refractivity contribution is -0.124. The van der Waals surface area contributed by atoms with Crippen molar-refractivity contribution in [1.29, 1.82) is 0 Å². The van der Waals surface area contributed by atoms with Gasteiger partial charge in [0.1, 0.15) is 0 Å². The van der Waals surface area contributed by atoms with Crippen LogP contribution in [0.2, 0.25) is 0 Å². The maximum atomic E-state index is 12.4. The van der Waals surface area contributed by atoms with Crippen molar-refractivity contribution < 1.29 is 14.4 Å². The molecule has 21 heavy (non-hydrogen) atoms. The lowest BCUT2D eigenvalue weighted by Crippen LogP contribution is -2.53. The summed E-state index contributed by atoms with van der Waals surface area (Å²) in [5.41, 5.74) is 5.13. The van der Waals surface area contributed by atoms with Crippen LogP contribution in [-0.2, 0) is 14.4 Å². The summed E-state index contributed by atoms with van der Waals surface area (Å²) in [5.74, 6) is -1.08. The van der Waals surface area contributed by atoms with Crippen molar-refractivity contribution in [2.45, 2.75) is 32.7 Å². The summed E-state index contributed by atoms with van der Waals surface area (Å²) in [6.07, 6.45) is 0.0215. The largest absolute Gasteiger partial charge is 0.370 e. The van der Waals surface area contributed by atoms with Crippen LogP contribution in [-0.4, -0.2) is 29.8 Å². The number of nitrogens with zero attached hydrogens (tertiary/aromatic N) is 1. The van der Waals surface area contributed by atoms with Crippen molar-refractivity contribution >= 4 is 23.4 Å². The zero-order chi connectivity index (χ0) is 16.0. The molecule has 1 rings (SSSR count). The number of hydrogen-bond donors (Lipinski definition) is 2. The number of primary amides is 1. The van der Waals surface area contributed by atoms with Gasteiger partial charge in [-0.3, -0.25) is 14.4 Å². The molecule has 0 fully saturated rings. The Bertz CT molecular complexity index is 526. The highest BCUT2D eigenvalue weighted by atomic mass is 16.2. The number of carbonyl (C=O) groups excluding carboxylic acids is 3. The normalized spacial score (nSPS) is 10.8. The summed E-state index contributed by atoms with van der Waals surface area (Å²) in [6, 6.07) is 8.98. The summed E-state index contributed by atoms with van der Waals surface area (Å²) in [7, 11) is 0. The van der Waals surface area contributed by atoms with Gasteiger partial charge in [0.05, 0.1) is 12.1 Å². The van der Waals surface area contributed by atoms with Crippen molar-refractivity contribution in [2.75, 3.05) is 11.4 Å². The Labute approximate surface area is 124 Å². The molecule has 0 radical (unpaired) electrons. The molecule has 0 aliphatic heterocycles. The van der Waals surface area contributed by atoms with Crippen LogP contribution in [0.1, 0.15) is 27.2 Å². The summed E-state index contributed by atoms with van der Waals surface area (Å²) in [4.78, 5) is 36.2. The lowest BCUT2D eigenvalue weighted by atomic mass is 9.96. The molecule has 1 aromatic carbocycles. The van der Waals surface area contributed by atoms with Crippen molar-refractivity contribution in [3.8, 4) is 0 Å². The predicted molar refractivity (Wildman–Crippen MR) is 80.5 cm³/mol. The number of para-hydroxylation sites is 1. The predicted octanol–water partition coefficient (Wildman–Crippen LogP) is 0.810. The zero-order valence-electron chi connectivity index (χ0n) is 12.6. The molecule has 6 heteroatoms. The first-order valence-electron chi connectivity index (χ1n) is 6.65. The molecular weight excluding hydrogens is 270 g/mol. The van der Waals surface area contributed by atoms with Crippen molar-refractivity contribution in [3.63, 3.8) is 0 Å². The Kier molecular flexibility index (Phi) is 5.46. The number of amides is 3. The van der Waals surface area contributed by atoms with Crippen LogP contribution in [0.5, 0.6) is 0 Å². The Morgan fingerprint density at radius 3 is 2.24 bits per heavy atom. The summed E-state index contributed by atoms with van der Waals surface area (Å²) in [5, 5.41) is 2.47. The molecule has 0 saturated heterocycles. The number of carbonyl (C=O) groups is 3. The highest BCUT2D eigenvalue weighted by molar-refractivity contribution is 5.98. The fraction of sp³-hybridized carbons (Fsp3) is 0.400. The van der Waals surface area contributed by atoms with Crippen molar-refractivity contribution in [2.24, 2.45) is 5.73 Å². The average molecular weight is 291 g/mol. The van der Waals surface area contributed by atoms with E-state index >= 15 is 0 Å². The minimum atomic E-state index is -0.789. The van der Waals surface area contributed by atoms with E-state index in [0.29, 0.717) is 5.69 Å². The van der Waals surface area contributed by atoms with Gasteiger partial charge in [-0.15, -0.1) is 0 Å². The van der Waals surface area contributed by atoms with E-state index in [-0.39, 0.29) is 24.8 Å². The first-order chi connectivity index (χ1) is 9.74. The highest BCUT2D eigenvalue weighted by Crippen LogP contribution is 2.26. The number of hydrogen-bond acceptors (Lipinski definition) is 3. The molecule has 0 bridgehead atoms. The molecule has 3 amide bonds. The third kappa shape index (κ3) is 4.91. The summed E-state index contributed by atoms with van der Waals surface area (Å²) in [6.45, 7) is 4.73. The third-order valence-electron chi connectivity index (χ3n) is 2.96. The van der Waals surface area contributed by atoms with Gasteiger partial charge in [0.15, 0.2) is 0 Å². The van der Waals surface area contributed by atoms with E-state index in [1.54, 1.807) is 38.1 Å². The van der Waals surface area contributed by atoms with Gasteiger partial charge >= 0.3 is 0 Å². The van der Waals surface area contributed by atoms with Crippen LogP contribution < -0.4 is 16.0 Å². The fourth-order valence-electron chi connectivity index (χ4n) is 2.19. The molecule has 0 heterocycles. The molecule has 0 aliphatic rings. The SMILES string of the molecule is CC(=O)NCC(=O)N(c1ccccc1)C(C)(C)CC(N)=O. The summed E-state index contributed by atoms with van der Waals surface area (Å²) >= 11 is 0. The van der Waals surface area contributed by atoms with Gasteiger partial charge in [0, 0.05) is 19.0 Å². The second-order valence-electron chi connectivity index (χ2n) is 5.43. The molecule has 0 spiro atoms. The zero-order valence-corrected chi connectivity index (χ0v) is 12.6. The van der Waals surface area contributed by atoms with E-state index in [4.69, 9.17) is 5.73 Å². The summed E-state index contributed by atoms with van der Waals surface area (Å²) < 4.78 is 0. The smallest absolute Gasteiger partial charge is 0.246 e. The average Bonchev–Trinajstić information content (AvgIpc) is 2.35. The van der Waals surface area contributed by atoms with E-state index in [9.17, 15) is 14.4 Å². The third-order valence-corrected chi connectivity index (χ3v) is 2.96. The van der Waals surface area contributed by atoms with Gasteiger partial charge in [-0.25, -0.2) is 0 Å². The first-order valence-corrected chi connectivity index (χ1v) is 6.65. The van der Waals surface area contributed by atoms with Crippen LogP contribution >= 0.6 is 0 Å². The molecule has 1 aromatic rings. The Morgan fingerprint density at radius 2 is 1.76 bits per heavy atom. The van der Waals surface area contributed by atoms with E-state index < -0.39 is 11.4 Å². The Balaban J connectivity index is 3.08. The van der Waals surface area contributed by atoms with Crippen molar-refractivity contribution in [3.05, 3.63) is 30.3 Å². The lowest BCUT2D eigenvalue weighted by Gasteiger charge is -2.38. The molecule has 3 N–H and O–H groups in total. The van der Waals surface area contributed by atoms with Gasteiger partial charge in [-0.05, 0) is 26.0 Å². The Morgan fingerprint density at radius 1 is 1.19 bits per heavy atom. The number of nitrogens with one attached hydrogen (secondary N) is 1. The van der Waals surface area contributed by atoms with E-state index in [0.717, 1.165) is 0 Å². The standard InChI is InChI=1S/C15H21N3O3/c1-11(19)17-10-14(21)18(12-7-5-4-6-8-12)15(2,3)9-13(16)20/h4-8H,9-10H2,1-3H3,(H2,16,20)(H,17,19). The second kappa shape index (κ2) is 6.88. The van der Waals surface area contributed by atoms with Crippen LogP contribution in [0.15, 0.2) is 30.3 Å². The fourth-order valence-corrected chi connectivity index (χ4v) is 2.19. The minimum absolute atomic E-state index is 0.0215. The molecule has 6 nitrogen and oxygen atoms in total.